The molecule has 28 heavy (non-hydrogen) atoms. The van der Waals surface area contributed by atoms with Crippen LogP contribution in [0.3, 0.4) is 0 Å². The summed E-state index contributed by atoms with van der Waals surface area (Å²) in [5.41, 5.74) is 5.41. The van der Waals surface area contributed by atoms with E-state index in [0.717, 1.165) is 0 Å². The first kappa shape index (κ1) is 21.2. The molecule has 3 aromatic rings. The molecule has 2 aromatic heterocycles. The van der Waals surface area contributed by atoms with Crippen LogP contribution in [0.2, 0.25) is 0 Å². The minimum atomic E-state index is -0.540. The van der Waals surface area contributed by atoms with Crippen molar-refractivity contribution < 1.29 is 9.53 Å². The molecule has 0 saturated heterocycles. The van der Waals surface area contributed by atoms with E-state index in [4.69, 9.17) is 10.5 Å². The molecule has 0 atom stereocenters. The molecule has 0 aliphatic heterocycles. The fourth-order valence-electron chi connectivity index (χ4n) is 2.54. The van der Waals surface area contributed by atoms with Gasteiger partial charge < -0.3 is 20.8 Å². The lowest BCUT2D eigenvalue weighted by atomic mass is 10.2. The van der Waals surface area contributed by atoms with Gasteiger partial charge in [-0.2, -0.15) is 0 Å². The maximum atomic E-state index is 12.1. The second kappa shape index (κ2) is 9.20. The van der Waals surface area contributed by atoms with Crippen LogP contribution in [-0.4, -0.2) is 38.6 Å². The van der Waals surface area contributed by atoms with E-state index in [-0.39, 0.29) is 35.9 Å². The van der Waals surface area contributed by atoms with Crippen molar-refractivity contribution in [3.05, 3.63) is 50.9 Å². The number of hydrogen-bond donors (Lipinski definition) is 4. The fourth-order valence-corrected chi connectivity index (χ4v) is 2.54. The molecule has 0 aliphatic carbocycles. The molecule has 0 bridgehead atoms. The average molecular weight is 409 g/mol. The summed E-state index contributed by atoms with van der Waals surface area (Å²) in [7, 11) is 1.51. The van der Waals surface area contributed by atoms with E-state index in [9.17, 15) is 14.4 Å². The van der Waals surface area contributed by atoms with E-state index in [1.165, 1.54) is 11.6 Å². The van der Waals surface area contributed by atoms with E-state index in [0.29, 0.717) is 36.8 Å². The predicted octanol–water partition coefficient (Wildman–Crippen LogP) is 0.281. The van der Waals surface area contributed by atoms with E-state index < -0.39 is 11.2 Å². The molecule has 11 heteroatoms. The number of nitrogens with two attached hydrogens (primary N) is 1. The second-order valence-electron chi connectivity index (χ2n) is 5.91. The largest absolute Gasteiger partial charge is 0.492 e. The Hall–Kier alpha value is -3.11. The summed E-state index contributed by atoms with van der Waals surface area (Å²) >= 11 is 0. The Bertz CT molecular complexity index is 1070. The van der Waals surface area contributed by atoms with Crippen molar-refractivity contribution in [3.63, 3.8) is 0 Å². The molecule has 3 rings (SSSR count). The molecule has 0 saturated carbocycles. The van der Waals surface area contributed by atoms with Gasteiger partial charge in [-0.3, -0.25) is 19.1 Å². The summed E-state index contributed by atoms with van der Waals surface area (Å²) < 4.78 is 6.62. The quantitative estimate of drug-likeness (QED) is 0.441. The maximum Gasteiger partial charge on any atom is 0.329 e. The first-order chi connectivity index (χ1) is 13.0. The smallest absolute Gasteiger partial charge is 0.329 e. The van der Waals surface area contributed by atoms with Gasteiger partial charge in [0.25, 0.3) is 5.56 Å². The number of carbonyl (C=O) groups excluding carboxylic acids is 1. The number of aromatic nitrogens is 4. The van der Waals surface area contributed by atoms with Crippen LogP contribution in [0.15, 0.2) is 33.9 Å². The average Bonchev–Trinajstić information content (AvgIpc) is 3.09. The Kier molecular flexibility index (Phi) is 6.96. The third-order valence-corrected chi connectivity index (χ3v) is 3.92. The Labute approximate surface area is 165 Å². The normalized spacial score (nSPS) is 10.5. The van der Waals surface area contributed by atoms with Gasteiger partial charge in [-0.05, 0) is 24.3 Å². The highest BCUT2D eigenvalue weighted by atomic mass is 35.5. The Morgan fingerprint density at radius 1 is 1.25 bits per heavy atom. The highest BCUT2D eigenvalue weighted by Gasteiger charge is 2.12. The van der Waals surface area contributed by atoms with Crippen LogP contribution in [-0.2, 0) is 18.3 Å². The third kappa shape index (κ3) is 4.78. The van der Waals surface area contributed by atoms with Gasteiger partial charge in [-0.1, -0.05) is 0 Å². The number of H-pyrrole nitrogens is 2. The molecule has 0 unspecified atom stereocenters. The molecular weight excluding hydrogens is 388 g/mol. The lowest BCUT2D eigenvalue weighted by Crippen LogP contribution is -2.28. The summed E-state index contributed by atoms with van der Waals surface area (Å²) in [6.07, 6.45) is 0.461. The van der Waals surface area contributed by atoms with E-state index >= 15 is 0 Å². The summed E-state index contributed by atoms with van der Waals surface area (Å²) in [4.78, 5) is 44.8. The second-order valence-corrected chi connectivity index (χ2v) is 5.91. The molecule has 1 amide bonds. The number of amides is 1. The number of benzene rings is 1. The molecule has 0 spiro atoms. The molecule has 2 heterocycles. The van der Waals surface area contributed by atoms with E-state index in [2.05, 4.69) is 20.3 Å². The zero-order chi connectivity index (χ0) is 19.4. The van der Waals surface area contributed by atoms with Crippen molar-refractivity contribution in [1.82, 2.24) is 19.5 Å². The molecule has 0 radical (unpaired) electrons. The molecule has 1 aromatic carbocycles. The SMILES string of the molecule is Cl.Cn1c(=O)[nH]c(=O)c2[nH]c(CCC(=O)Nc3ccc(OCCN)cc3)nc21. The number of aromatic amines is 2. The summed E-state index contributed by atoms with van der Waals surface area (Å²) in [5.74, 6) is 0.933. The molecule has 150 valence electrons. The monoisotopic (exact) mass is 408 g/mol. The Morgan fingerprint density at radius 2 is 1.96 bits per heavy atom. The number of aryl methyl sites for hydroxylation is 2. The molecule has 10 nitrogen and oxygen atoms in total. The number of rotatable bonds is 7. The van der Waals surface area contributed by atoms with Gasteiger partial charge >= 0.3 is 5.69 Å². The number of nitrogens with zero attached hydrogens (tertiary/aromatic N) is 2. The number of hydrogen-bond acceptors (Lipinski definition) is 6. The minimum absolute atomic E-state index is 0. The molecule has 5 N–H and O–H groups in total. The van der Waals surface area contributed by atoms with Crippen molar-refractivity contribution in [2.75, 3.05) is 18.5 Å². The zero-order valence-corrected chi connectivity index (χ0v) is 16.0. The number of ether oxygens (including phenoxy) is 1. The molecular formula is C17H21ClN6O4. The fraction of sp³-hybridized carbons (Fsp3) is 0.294. The number of fused-ring (bicyclic) bond motifs is 1. The van der Waals surface area contributed by atoms with Crippen molar-refractivity contribution >= 4 is 35.2 Å². The minimum Gasteiger partial charge on any atom is -0.492 e. The topological polar surface area (TPSA) is 148 Å². The van der Waals surface area contributed by atoms with Crippen LogP contribution in [0, 0.1) is 0 Å². The van der Waals surface area contributed by atoms with Crippen LogP contribution in [0.5, 0.6) is 5.75 Å². The third-order valence-electron chi connectivity index (χ3n) is 3.92. The number of halogens is 1. The highest BCUT2D eigenvalue weighted by Crippen LogP contribution is 2.16. The first-order valence-corrected chi connectivity index (χ1v) is 8.38. The van der Waals surface area contributed by atoms with Gasteiger partial charge in [0.2, 0.25) is 5.91 Å². The zero-order valence-electron chi connectivity index (χ0n) is 15.2. The summed E-state index contributed by atoms with van der Waals surface area (Å²) in [6.45, 7) is 0.859. The van der Waals surface area contributed by atoms with Gasteiger partial charge in [0.15, 0.2) is 5.65 Å². The lowest BCUT2D eigenvalue weighted by molar-refractivity contribution is -0.116. The van der Waals surface area contributed by atoms with Crippen molar-refractivity contribution in [1.29, 1.82) is 0 Å². The van der Waals surface area contributed by atoms with Crippen LogP contribution < -0.4 is 27.0 Å². The van der Waals surface area contributed by atoms with Gasteiger partial charge in [-0.25, -0.2) is 9.78 Å². The number of carbonyl (C=O) groups is 1. The Morgan fingerprint density at radius 3 is 2.64 bits per heavy atom. The van der Waals surface area contributed by atoms with E-state index in [1.54, 1.807) is 24.3 Å². The summed E-state index contributed by atoms with van der Waals surface area (Å²) in [6, 6.07) is 6.97. The first-order valence-electron chi connectivity index (χ1n) is 8.38. The van der Waals surface area contributed by atoms with Crippen LogP contribution in [0.4, 0.5) is 5.69 Å². The van der Waals surface area contributed by atoms with Gasteiger partial charge in [0.1, 0.15) is 23.7 Å². The predicted molar refractivity (Wildman–Crippen MR) is 107 cm³/mol. The van der Waals surface area contributed by atoms with Gasteiger partial charge in [0.05, 0.1) is 0 Å². The number of anilines is 1. The van der Waals surface area contributed by atoms with Crippen molar-refractivity contribution in [2.24, 2.45) is 12.8 Å². The Balaban J connectivity index is 0.00000280. The standard InChI is InChI=1S/C17H20N6O4.ClH/c1-23-15-14(16(25)22-17(23)26)20-12(21-15)6-7-13(24)19-10-2-4-11(5-3-10)27-9-8-18;/h2-5H,6-9,18H2,1H3,(H,19,24)(H,20,21)(H,22,25,26);1H. The lowest BCUT2D eigenvalue weighted by Gasteiger charge is -2.07. The number of nitrogens with one attached hydrogen (secondary N) is 3. The number of imidazole rings is 1. The van der Waals surface area contributed by atoms with Crippen molar-refractivity contribution in [2.45, 2.75) is 12.8 Å². The molecule has 0 aliphatic rings. The van der Waals surface area contributed by atoms with Gasteiger partial charge in [-0.15, -0.1) is 12.4 Å². The maximum absolute atomic E-state index is 12.1. The van der Waals surface area contributed by atoms with Crippen molar-refractivity contribution in [3.8, 4) is 5.75 Å². The van der Waals surface area contributed by atoms with Gasteiger partial charge in [0, 0.05) is 32.1 Å². The summed E-state index contributed by atoms with van der Waals surface area (Å²) in [5, 5.41) is 2.78. The van der Waals surface area contributed by atoms with Crippen LogP contribution in [0.1, 0.15) is 12.2 Å². The highest BCUT2D eigenvalue weighted by molar-refractivity contribution is 5.90. The van der Waals surface area contributed by atoms with Crippen LogP contribution >= 0.6 is 12.4 Å². The van der Waals surface area contributed by atoms with Crippen LogP contribution in [0.25, 0.3) is 11.2 Å². The molecule has 0 fully saturated rings. The van der Waals surface area contributed by atoms with E-state index in [1.807, 2.05) is 0 Å².